The number of rotatable bonds is 6. The maximum atomic E-state index is 11.4. The van der Waals surface area contributed by atoms with Crippen molar-refractivity contribution in [3.05, 3.63) is 29.6 Å². The minimum Gasteiger partial charge on any atom is -0.465 e. The Balaban J connectivity index is 2.00. The number of aromatic nitrogens is 1. The fourth-order valence-corrected chi connectivity index (χ4v) is 2.75. The summed E-state index contributed by atoms with van der Waals surface area (Å²) in [6.45, 7) is 1.55. The van der Waals surface area contributed by atoms with Crippen molar-refractivity contribution in [1.82, 2.24) is 9.88 Å². The summed E-state index contributed by atoms with van der Waals surface area (Å²) < 4.78 is 4.65. The van der Waals surface area contributed by atoms with Crippen molar-refractivity contribution in [2.75, 3.05) is 20.3 Å². The third-order valence-corrected chi connectivity index (χ3v) is 3.84. The van der Waals surface area contributed by atoms with Gasteiger partial charge in [-0.15, -0.1) is 0 Å². The molecule has 0 unspecified atom stereocenters. The number of aliphatic hydroxyl groups is 1. The van der Waals surface area contributed by atoms with Gasteiger partial charge in [-0.1, -0.05) is 12.8 Å². The lowest BCUT2D eigenvalue weighted by molar-refractivity contribution is 0.0600. The summed E-state index contributed by atoms with van der Waals surface area (Å²) in [5.74, 6) is -0.368. The molecule has 0 spiro atoms. The number of hydrogen-bond acceptors (Lipinski definition) is 5. The van der Waals surface area contributed by atoms with Gasteiger partial charge in [-0.25, -0.2) is 4.79 Å². The van der Waals surface area contributed by atoms with E-state index in [1.807, 2.05) is 6.07 Å². The van der Waals surface area contributed by atoms with Crippen molar-refractivity contribution in [1.29, 1.82) is 0 Å². The van der Waals surface area contributed by atoms with Gasteiger partial charge in [0.2, 0.25) is 0 Å². The van der Waals surface area contributed by atoms with Crippen LogP contribution in [-0.2, 0) is 11.3 Å². The molecule has 0 aliphatic heterocycles. The minimum absolute atomic E-state index is 0.163. The van der Waals surface area contributed by atoms with Crippen molar-refractivity contribution in [3.63, 3.8) is 0 Å². The standard InChI is InChI=1S/C15H22N2O3/c1-20-15(19)12-6-7-13(16-10-12)11-17(8-9-18)14-4-2-3-5-14/h6-7,10,14,18H,2-5,8-9,11H2,1H3. The zero-order chi connectivity index (χ0) is 14.4. The third-order valence-electron chi connectivity index (χ3n) is 3.84. The van der Waals surface area contributed by atoms with E-state index in [9.17, 15) is 9.90 Å². The molecule has 1 aromatic heterocycles. The lowest BCUT2D eigenvalue weighted by atomic mass is 10.2. The number of hydrogen-bond donors (Lipinski definition) is 1. The Bertz CT molecular complexity index is 427. The van der Waals surface area contributed by atoms with Gasteiger partial charge in [0.05, 0.1) is 25.0 Å². The molecule has 1 fully saturated rings. The van der Waals surface area contributed by atoms with Crippen LogP contribution in [0.3, 0.4) is 0 Å². The highest BCUT2D eigenvalue weighted by Gasteiger charge is 2.22. The van der Waals surface area contributed by atoms with Crippen LogP contribution in [0.15, 0.2) is 18.3 Å². The monoisotopic (exact) mass is 278 g/mol. The van der Waals surface area contributed by atoms with Gasteiger partial charge in [0.15, 0.2) is 0 Å². The average molecular weight is 278 g/mol. The lowest BCUT2D eigenvalue weighted by Crippen LogP contribution is -2.35. The van der Waals surface area contributed by atoms with Crippen molar-refractivity contribution in [2.24, 2.45) is 0 Å². The highest BCUT2D eigenvalue weighted by atomic mass is 16.5. The van der Waals surface area contributed by atoms with E-state index in [0.717, 1.165) is 5.69 Å². The van der Waals surface area contributed by atoms with E-state index in [-0.39, 0.29) is 12.6 Å². The summed E-state index contributed by atoms with van der Waals surface area (Å²) in [7, 11) is 1.36. The van der Waals surface area contributed by atoms with Gasteiger partial charge in [0.1, 0.15) is 0 Å². The molecule has 0 bridgehead atoms. The predicted octanol–water partition coefficient (Wildman–Crippen LogP) is 1.61. The first-order chi connectivity index (χ1) is 9.74. The number of aliphatic hydroxyl groups excluding tert-OH is 1. The Morgan fingerprint density at radius 1 is 1.45 bits per heavy atom. The minimum atomic E-state index is -0.368. The Morgan fingerprint density at radius 3 is 2.75 bits per heavy atom. The quantitative estimate of drug-likeness (QED) is 0.801. The molecule has 20 heavy (non-hydrogen) atoms. The molecule has 5 heteroatoms. The summed E-state index contributed by atoms with van der Waals surface area (Å²) in [6, 6.07) is 4.13. The summed E-state index contributed by atoms with van der Waals surface area (Å²) in [4.78, 5) is 18.0. The van der Waals surface area contributed by atoms with Crippen LogP contribution < -0.4 is 0 Å². The van der Waals surface area contributed by atoms with Crippen LogP contribution in [-0.4, -0.2) is 47.3 Å². The number of carbonyl (C=O) groups excluding carboxylic acids is 1. The second-order valence-corrected chi connectivity index (χ2v) is 5.16. The van der Waals surface area contributed by atoms with E-state index < -0.39 is 0 Å². The van der Waals surface area contributed by atoms with Gasteiger partial charge in [-0.05, 0) is 25.0 Å². The number of ether oxygens (including phenoxy) is 1. The number of carbonyl (C=O) groups is 1. The highest BCUT2D eigenvalue weighted by molar-refractivity contribution is 5.88. The molecule has 0 saturated heterocycles. The SMILES string of the molecule is COC(=O)c1ccc(CN(CCO)C2CCCC2)nc1. The topological polar surface area (TPSA) is 62.7 Å². The van der Waals surface area contributed by atoms with Gasteiger partial charge < -0.3 is 9.84 Å². The van der Waals surface area contributed by atoms with E-state index in [1.54, 1.807) is 12.3 Å². The zero-order valence-corrected chi connectivity index (χ0v) is 11.9. The first kappa shape index (κ1) is 14.9. The van der Waals surface area contributed by atoms with Crippen molar-refractivity contribution in [3.8, 4) is 0 Å². The fourth-order valence-electron chi connectivity index (χ4n) is 2.75. The van der Waals surface area contributed by atoms with Crippen LogP contribution in [0.1, 0.15) is 41.7 Å². The highest BCUT2D eigenvalue weighted by Crippen LogP contribution is 2.24. The maximum absolute atomic E-state index is 11.4. The van der Waals surface area contributed by atoms with Gasteiger partial charge >= 0.3 is 5.97 Å². The molecule has 110 valence electrons. The molecule has 0 radical (unpaired) electrons. The van der Waals surface area contributed by atoms with Crippen LogP contribution in [0.5, 0.6) is 0 Å². The molecule has 1 saturated carbocycles. The van der Waals surface area contributed by atoms with Crippen LogP contribution in [0.25, 0.3) is 0 Å². The molecule has 1 N–H and O–H groups in total. The van der Waals surface area contributed by atoms with Crippen LogP contribution >= 0.6 is 0 Å². The predicted molar refractivity (Wildman–Crippen MR) is 75.3 cm³/mol. The maximum Gasteiger partial charge on any atom is 0.339 e. The van der Waals surface area contributed by atoms with Gasteiger partial charge in [-0.2, -0.15) is 0 Å². The summed E-state index contributed by atoms with van der Waals surface area (Å²) in [6.07, 6.45) is 6.47. The van der Waals surface area contributed by atoms with Crippen LogP contribution in [0.4, 0.5) is 0 Å². The fraction of sp³-hybridized carbons (Fsp3) is 0.600. The Hall–Kier alpha value is -1.46. The van der Waals surface area contributed by atoms with Crippen molar-refractivity contribution in [2.45, 2.75) is 38.3 Å². The molecule has 1 heterocycles. The van der Waals surface area contributed by atoms with Gasteiger partial charge in [-0.3, -0.25) is 9.88 Å². The molecular weight excluding hydrogens is 256 g/mol. The first-order valence-corrected chi connectivity index (χ1v) is 7.12. The first-order valence-electron chi connectivity index (χ1n) is 7.12. The number of esters is 1. The summed E-state index contributed by atoms with van der Waals surface area (Å²) in [5, 5.41) is 9.20. The number of methoxy groups -OCH3 is 1. The normalized spacial score (nSPS) is 15.8. The molecule has 1 aliphatic rings. The third kappa shape index (κ3) is 3.77. The Kier molecular flexibility index (Phi) is 5.49. The molecule has 0 amide bonds. The Morgan fingerprint density at radius 2 is 2.20 bits per heavy atom. The second kappa shape index (κ2) is 7.36. The van der Waals surface area contributed by atoms with E-state index in [1.165, 1.54) is 32.8 Å². The largest absolute Gasteiger partial charge is 0.465 e. The van der Waals surface area contributed by atoms with Crippen molar-refractivity contribution >= 4 is 5.97 Å². The summed E-state index contributed by atoms with van der Waals surface area (Å²) in [5.41, 5.74) is 1.38. The van der Waals surface area contributed by atoms with Gasteiger partial charge in [0.25, 0.3) is 0 Å². The van der Waals surface area contributed by atoms with Gasteiger partial charge in [0, 0.05) is 25.3 Å². The summed E-state index contributed by atoms with van der Waals surface area (Å²) >= 11 is 0. The number of pyridine rings is 1. The zero-order valence-electron chi connectivity index (χ0n) is 11.9. The van der Waals surface area contributed by atoms with E-state index in [2.05, 4.69) is 14.6 Å². The molecular formula is C15H22N2O3. The van der Waals surface area contributed by atoms with Crippen molar-refractivity contribution < 1.29 is 14.6 Å². The number of nitrogens with zero attached hydrogens (tertiary/aromatic N) is 2. The average Bonchev–Trinajstić information content (AvgIpc) is 3.01. The molecule has 5 nitrogen and oxygen atoms in total. The smallest absolute Gasteiger partial charge is 0.339 e. The van der Waals surface area contributed by atoms with Crippen LogP contribution in [0.2, 0.25) is 0 Å². The molecule has 2 rings (SSSR count). The van der Waals surface area contributed by atoms with E-state index >= 15 is 0 Å². The van der Waals surface area contributed by atoms with E-state index in [4.69, 9.17) is 0 Å². The molecule has 0 aromatic carbocycles. The van der Waals surface area contributed by atoms with E-state index in [0.29, 0.717) is 24.7 Å². The molecule has 1 aliphatic carbocycles. The Labute approximate surface area is 119 Å². The second-order valence-electron chi connectivity index (χ2n) is 5.16. The lowest BCUT2D eigenvalue weighted by Gasteiger charge is -2.27. The van der Waals surface area contributed by atoms with Crippen LogP contribution in [0, 0.1) is 0 Å². The molecule has 1 aromatic rings. The molecule has 0 atom stereocenters.